The second kappa shape index (κ2) is 3.97. The maximum Gasteiger partial charge on any atom is 0.234 e. The lowest BCUT2D eigenvalue weighted by atomic mass is 10.6. The molecule has 1 N–H and O–H groups in total. The fourth-order valence-corrected chi connectivity index (χ4v) is 2.19. The van der Waals surface area contributed by atoms with Crippen LogP contribution in [0.25, 0.3) is 0 Å². The average Bonchev–Trinajstić information content (AvgIpc) is 2.34. The van der Waals surface area contributed by atoms with Crippen LogP contribution >= 0.6 is 11.6 Å². The third-order valence-electron chi connectivity index (χ3n) is 1.32. The Balaban J connectivity index is 2.69. The zero-order chi connectivity index (χ0) is 9.90. The molecular weight excluding hydrogens is 214 g/mol. The van der Waals surface area contributed by atoms with Crippen molar-refractivity contribution in [2.24, 2.45) is 7.05 Å². The topological polar surface area (TPSA) is 64.0 Å². The van der Waals surface area contributed by atoms with Gasteiger partial charge in [0.25, 0.3) is 0 Å². The van der Waals surface area contributed by atoms with E-state index in [0.717, 1.165) is 0 Å². The van der Waals surface area contributed by atoms with Gasteiger partial charge >= 0.3 is 0 Å². The van der Waals surface area contributed by atoms with Crippen LogP contribution in [0.15, 0.2) is 12.4 Å². The maximum atomic E-state index is 11.2. The molecule has 13 heavy (non-hydrogen) atoms. The van der Waals surface area contributed by atoms with E-state index < -0.39 is 10.0 Å². The fraction of sp³-hybridized carbons (Fsp3) is 0.500. The van der Waals surface area contributed by atoms with Crippen LogP contribution < -0.4 is 4.72 Å². The standard InChI is InChI=1S/C6H10ClN3O2S/c1-10-5-6(4-8-10)9-13(11,12)3-2-7/h4-5,9H,2-3H2,1H3. The van der Waals surface area contributed by atoms with Gasteiger partial charge in [0, 0.05) is 19.1 Å². The quantitative estimate of drug-likeness (QED) is 0.752. The van der Waals surface area contributed by atoms with E-state index in [4.69, 9.17) is 11.6 Å². The van der Waals surface area contributed by atoms with E-state index in [0.29, 0.717) is 5.69 Å². The van der Waals surface area contributed by atoms with Crippen LogP contribution in [0.4, 0.5) is 5.69 Å². The molecule has 1 aromatic rings. The van der Waals surface area contributed by atoms with Gasteiger partial charge in [0.2, 0.25) is 10.0 Å². The molecule has 0 spiro atoms. The number of aromatic nitrogens is 2. The summed E-state index contributed by atoms with van der Waals surface area (Å²) in [7, 11) is -1.60. The number of hydrogen-bond donors (Lipinski definition) is 1. The molecule has 1 rings (SSSR count). The zero-order valence-corrected chi connectivity index (χ0v) is 8.64. The van der Waals surface area contributed by atoms with E-state index in [1.807, 2.05) is 0 Å². The van der Waals surface area contributed by atoms with Crippen LogP contribution in [-0.4, -0.2) is 29.8 Å². The van der Waals surface area contributed by atoms with Gasteiger partial charge in [-0.3, -0.25) is 9.40 Å². The van der Waals surface area contributed by atoms with Crippen LogP contribution in [0.3, 0.4) is 0 Å². The summed E-state index contributed by atoms with van der Waals surface area (Å²) < 4.78 is 26.2. The summed E-state index contributed by atoms with van der Waals surface area (Å²) in [6.07, 6.45) is 3.01. The molecule has 0 aromatic carbocycles. The molecule has 0 saturated carbocycles. The molecule has 1 aromatic heterocycles. The molecule has 0 bridgehead atoms. The van der Waals surface area contributed by atoms with Gasteiger partial charge in [0.05, 0.1) is 17.6 Å². The van der Waals surface area contributed by atoms with Crippen LogP contribution in [0, 0.1) is 0 Å². The number of nitrogens with zero attached hydrogens (tertiary/aromatic N) is 2. The molecule has 0 saturated heterocycles. The minimum absolute atomic E-state index is 0.0790. The Labute approximate surface area is 81.7 Å². The number of sulfonamides is 1. The normalized spacial score (nSPS) is 11.5. The van der Waals surface area contributed by atoms with Crippen molar-refractivity contribution in [3.8, 4) is 0 Å². The number of hydrogen-bond acceptors (Lipinski definition) is 3. The third kappa shape index (κ3) is 3.23. The smallest absolute Gasteiger partial charge is 0.234 e. The monoisotopic (exact) mass is 223 g/mol. The molecule has 0 fully saturated rings. The minimum atomic E-state index is -3.31. The highest BCUT2D eigenvalue weighted by Crippen LogP contribution is 2.06. The van der Waals surface area contributed by atoms with E-state index in [2.05, 4.69) is 9.82 Å². The summed E-state index contributed by atoms with van der Waals surface area (Å²) in [5.74, 6) is -0.0148. The summed E-state index contributed by atoms with van der Waals surface area (Å²) in [5, 5.41) is 3.82. The first-order valence-electron chi connectivity index (χ1n) is 3.58. The Bertz CT molecular complexity index is 373. The molecule has 7 heteroatoms. The Morgan fingerprint density at radius 1 is 1.69 bits per heavy atom. The molecule has 0 aliphatic heterocycles. The van der Waals surface area contributed by atoms with Crippen molar-refractivity contribution in [3.63, 3.8) is 0 Å². The van der Waals surface area contributed by atoms with Gasteiger partial charge in [-0.2, -0.15) is 5.10 Å². The van der Waals surface area contributed by atoms with Crippen LogP contribution in [0.5, 0.6) is 0 Å². The van der Waals surface area contributed by atoms with Gasteiger partial charge in [0.1, 0.15) is 0 Å². The van der Waals surface area contributed by atoms with Crippen molar-refractivity contribution in [1.82, 2.24) is 9.78 Å². The predicted octanol–water partition coefficient (Wildman–Crippen LogP) is 0.401. The molecule has 0 aliphatic carbocycles. The molecule has 1 heterocycles. The lowest BCUT2D eigenvalue weighted by Crippen LogP contribution is -2.17. The molecule has 74 valence electrons. The minimum Gasteiger partial charge on any atom is -0.280 e. The first-order chi connectivity index (χ1) is 6.03. The van der Waals surface area contributed by atoms with Crippen LogP contribution in [0.2, 0.25) is 0 Å². The van der Waals surface area contributed by atoms with Gasteiger partial charge in [-0.25, -0.2) is 8.42 Å². The summed E-state index contributed by atoms with van der Waals surface area (Å²) >= 11 is 5.32. The molecule has 0 atom stereocenters. The summed E-state index contributed by atoms with van der Waals surface area (Å²) in [4.78, 5) is 0. The number of anilines is 1. The second-order valence-corrected chi connectivity index (χ2v) is 4.73. The largest absolute Gasteiger partial charge is 0.280 e. The summed E-state index contributed by atoms with van der Waals surface area (Å²) in [5.41, 5.74) is 0.451. The van der Waals surface area contributed by atoms with Crippen molar-refractivity contribution in [3.05, 3.63) is 12.4 Å². The lowest BCUT2D eigenvalue weighted by Gasteiger charge is -2.02. The maximum absolute atomic E-state index is 11.2. The molecule has 5 nitrogen and oxygen atoms in total. The van der Waals surface area contributed by atoms with E-state index >= 15 is 0 Å². The Morgan fingerprint density at radius 2 is 2.38 bits per heavy atom. The van der Waals surface area contributed by atoms with Crippen molar-refractivity contribution < 1.29 is 8.42 Å². The first kappa shape index (κ1) is 10.3. The number of alkyl halides is 1. The number of nitrogens with one attached hydrogen (secondary N) is 1. The SMILES string of the molecule is Cn1cc(NS(=O)(=O)CCCl)cn1. The fourth-order valence-electron chi connectivity index (χ4n) is 0.806. The Kier molecular flexibility index (Phi) is 3.16. The molecular formula is C6H10ClN3O2S. The Morgan fingerprint density at radius 3 is 2.85 bits per heavy atom. The van der Waals surface area contributed by atoms with Crippen molar-refractivity contribution in [2.45, 2.75) is 0 Å². The van der Waals surface area contributed by atoms with Crippen molar-refractivity contribution in [1.29, 1.82) is 0 Å². The highest BCUT2D eigenvalue weighted by molar-refractivity contribution is 7.92. The average molecular weight is 224 g/mol. The number of halogens is 1. The van der Waals surface area contributed by atoms with Crippen LogP contribution in [-0.2, 0) is 17.1 Å². The highest BCUT2D eigenvalue weighted by atomic mass is 35.5. The Hall–Kier alpha value is -0.750. The van der Waals surface area contributed by atoms with Gasteiger partial charge in [-0.1, -0.05) is 0 Å². The van der Waals surface area contributed by atoms with Gasteiger partial charge < -0.3 is 0 Å². The van der Waals surface area contributed by atoms with Crippen LogP contribution in [0.1, 0.15) is 0 Å². The van der Waals surface area contributed by atoms with Gasteiger partial charge in [-0.15, -0.1) is 11.6 Å². The van der Waals surface area contributed by atoms with E-state index in [-0.39, 0.29) is 11.6 Å². The summed E-state index contributed by atoms with van der Waals surface area (Å²) in [6, 6.07) is 0. The predicted molar refractivity (Wildman–Crippen MR) is 51.3 cm³/mol. The zero-order valence-electron chi connectivity index (χ0n) is 7.07. The molecule has 0 aliphatic rings. The van der Waals surface area contributed by atoms with Gasteiger partial charge in [0.15, 0.2) is 0 Å². The van der Waals surface area contributed by atoms with E-state index in [1.54, 1.807) is 13.2 Å². The third-order valence-corrected chi connectivity index (χ3v) is 3.03. The number of aryl methyl sites for hydroxylation is 1. The summed E-state index contributed by atoms with van der Waals surface area (Å²) in [6.45, 7) is 0. The lowest BCUT2D eigenvalue weighted by molar-refractivity contribution is 0.602. The van der Waals surface area contributed by atoms with E-state index in [1.165, 1.54) is 10.9 Å². The first-order valence-corrected chi connectivity index (χ1v) is 5.77. The van der Waals surface area contributed by atoms with Gasteiger partial charge in [-0.05, 0) is 0 Å². The highest BCUT2D eigenvalue weighted by Gasteiger charge is 2.09. The molecule has 0 radical (unpaired) electrons. The molecule has 0 unspecified atom stereocenters. The van der Waals surface area contributed by atoms with Crippen molar-refractivity contribution >= 4 is 27.3 Å². The molecule has 0 amide bonds. The van der Waals surface area contributed by atoms with E-state index in [9.17, 15) is 8.42 Å². The number of rotatable bonds is 4. The van der Waals surface area contributed by atoms with Crippen molar-refractivity contribution in [2.75, 3.05) is 16.4 Å². The second-order valence-electron chi connectivity index (χ2n) is 2.51.